The van der Waals surface area contributed by atoms with Crippen molar-refractivity contribution in [3.05, 3.63) is 46.3 Å². The molecule has 37 heavy (non-hydrogen) atoms. The summed E-state index contributed by atoms with van der Waals surface area (Å²) in [7, 11) is 1.00. The van der Waals surface area contributed by atoms with Crippen LogP contribution in [0.2, 0.25) is 0 Å². The van der Waals surface area contributed by atoms with Gasteiger partial charge in [-0.15, -0.1) is 0 Å². The first-order chi connectivity index (χ1) is 17.6. The Hall–Kier alpha value is -2.47. The van der Waals surface area contributed by atoms with Gasteiger partial charge in [0, 0.05) is 36.6 Å². The van der Waals surface area contributed by atoms with Crippen LogP contribution < -0.4 is 5.32 Å². The number of hydrogen-bond acceptors (Lipinski definition) is 5. The highest BCUT2D eigenvalue weighted by Crippen LogP contribution is 2.52. The molecule has 206 valence electrons. The average Bonchev–Trinajstić information content (AvgIpc) is 3.57. The number of carbonyl (C=O) groups is 2. The zero-order chi connectivity index (χ0) is 27.8. The Balaban J connectivity index is 0.000000898. The fourth-order valence-corrected chi connectivity index (χ4v) is 5.42. The van der Waals surface area contributed by atoms with Crippen LogP contribution in [-0.2, 0) is 16.0 Å². The van der Waals surface area contributed by atoms with E-state index in [2.05, 4.69) is 51.2 Å². The summed E-state index contributed by atoms with van der Waals surface area (Å²) in [4.78, 5) is 21.9. The van der Waals surface area contributed by atoms with E-state index in [-0.39, 0.29) is 11.8 Å². The molecule has 1 atom stereocenters. The van der Waals surface area contributed by atoms with Crippen molar-refractivity contribution in [2.45, 2.75) is 105 Å². The minimum atomic E-state index is -0.0961. The van der Waals surface area contributed by atoms with Gasteiger partial charge in [0.25, 0.3) is 0 Å². The molecule has 0 aliphatic heterocycles. The van der Waals surface area contributed by atoms with E-state index in [0.29, 0.717) is 23.7 Å². The van der Waals surface area contributed by atoms with Gasteiger partial charge in [-0.2, -0.15) is 0 Å². The van der Waals surface area contributed by atoms with Gasteiger partial charge in [-0.25, -0.2) is 0 Å². The molecule has 1 aromatic heterocycles. The minimum absolute atomic E-state index is 0.0830. The number of benzene rings is 1. The number of aryl methyl sites for hydroxylation is 2. The van der Waals surface area contributed by atoms with Crippen LogP contribution in [0.15, 0.2) is 22.7 Å². The Kier molecular flexibility index (Phi) is 11.5. The number of hydrogen-bond donors (Lipinski definition) is 2. The van der Waals surface area contributed by atoms with E-state index in [0.717, 1.165) is 48.4 Å². The highest BCUT2D eigenvalue weighted by atomic mass is 16.5. The van der Waals surface area contributed by atoms with Crippen molar-refractivity contribution in [1.82, 2.24) is 5.16 Å². The standard InChI is InChI=1S/C28H40N2O2.C2H4O.CH4O/c1-7-20(27(31)29-23-11-8-17(2)12-18(23)3)15-24-25(21-9-10-21)26(32-30-24)22-13-19(14-22)16-28(4,5)6;1-2-3;1-2/h8,11-12,19-22H,7,9-10,13-16H2,1-6H3,(H,29,31);2H,1H3;2H,1H3. The van der Waals surface area contributed by atoms with E-state index >= 15 is 0 Å². The third kappa shape index (κ3) is 8.80. The quantitative estimate of drug-likeness (QED) is 0.367. The second-order valence-corrected chi connectivity index (χ2v) is 11.8. The smallest absolute Gasteiger partial charge is 0.227 e. The van der Waals surface area contributed by atoms with Crippen LogP contribution >= 0.6 is 0 Å². The molecule has 1 unspecified atom stereocenters. The van der Waals surface area contributed by atoms with Gasteiger partial charge in [-0.3, -0.25) is 4.79 Å². The van der Waals surface area contributed by atoms with Crippen molar-refractivity contribution in [2.24, 2.45) is 17.3 Å². The maximum Gasteiger partial charge on any atom is 0.227 e. The number of aromatic nitrogens is 1. The summed E-state index contributed by atoms with van der Waals surface area (Å²) in [5, 5.41) is 14.7. The molecule has 0 spiro atoms. The van der Waals surface area contributed by atoms with E-state index in [1.165, 1.54) is 50.2 Å². The second kappa shape index (κ2) is 13.9. The summed E-state index contributed by atoms with van der Waals surface area (Å²) in [6.45, 7) is 14.6. The van der Waals surface area contributed by atoms with E-state index in [1.807, 2.05) is 19.1 Å². The Morgan fingerprint density at radius 1 is 1.19 bits per heavy atom. The first-order valence-corrected chi connectivity index (χ1v) is 13.8. The first kappa shape index (κ1) is 30.8. The molecule has 6 heteroatoms. The normalized spacial score (nSPS) is 19.4. The maximum atomic E-state index is 13.1. The van der Waals surface area contributed by atoms with Gasteiger partial charge >= 0.3 is 0 Å². The number of nitrogens with zero attached hydrogens (tertiary/aromatic N) is 1. The van der Waals surface area contributed by atoms with Crippen molar-refractivity contribution >= 4 is 17.9 Å². The van der Waals surface area contributed by atoms with Gasteiger partial charge in [0.2, 0.25) is 5.91 Å². The number of aliphatic hydroxyl groups is 1. The van der Waals surface area contributed by atoms with Gasteiger partial charge in [0.1, 0.15) is 12.0 Å². The molecule has 0 saturated heterocycles. The topological polar surface area (TPSA) is 92.4 Å². The molecule has 1 heterocycles. The van der Waals surface area contributed by atoms with Gasteiger partial charge < -0.3 is 19.7 Å². The highest BCUT2D eigenvalue weighted by molar-refractivity contribution is 5.93. The van der Waals surface area contributed by atoms with Crippen LogP contribution in [0, 0.1) is 31.1 Å². The molecule has 2 aliphatic rings. The Labute approximate surface area is 223 Å². The van der Waals surface area contributed by atoms with Crippen molar-refractivity contribution in [2.75, 3.05) is 12.4 Å². The number of aldehydes is 1. The first-order valence-electron chi connectivity index (χ1n) is 13.8. The van der Waals surface area contributed by atoms with Crippen LogP contribution in [-0.4, -0.2) is 29.6 Å². The van der Waals surface area contributed by atoms with Crippen LogP contribution in [0.3, 0.4) is 0 Å². The van der Waals surface area contributed by atoms with E-state index in [4.69, 9.17) is 14.4 Å². The summed E-state index contributed by atoms with van der Waals surface area (Å²) in [6.07, 6.45) is 8.38. The predicted octanol–water partition coefficient (Wildman–Crippen LogP) is 7.12. The lowest BCUT2D eigenvalue weighted by molar-refractivity contribution is -0.120. The fraction of sp³-hybridized carbons (Fsp3) is 0.645. The molecule has 4 rings (SSSR count). The lowest BCUT2D eigenvalue weighted by Crippen LogP contribution is -2.27. The molecular formula is C31H48N2O4. The van der Waals surface area contributed by atoms with Crippen molar-refractivity contribution < 1.29 is 19.2 Å². The van der Waals surface area contributed by atoms with Crippen LogP contribution in [0.4, 0.5) is 5.69 Å². The monoisotopic (exact) mass is 512 g/mol. The minimum Gasteiger partial charge on any atom is -0.400 e. The fourth-order valence-electron chi connectivity index (χ4n) is 5.42. The number of nitrogens with one attached hydrogen (secondary N) is 1. The second-order valence-electron chi connectivity index (χ2n) is 11.8. The van der Waals surface area contributed by atoms with Gasteiger partial charge in [0.15, 0.2) is 0 Å². The summed E-state index contributed by atoms with van der Waals surface area (Å²) >= 11 is 0. The zero-order valence-corrected chi connectivity index (χ0v) is 24.2. The van der Waals surface area contributed by atoms with Crippen LogP contribution in [0.5, 0.6) is 0 Å². The molecule has 2 aliphatic carbocycles. The van der Waals surface area contributed by atoms with Gasteiger partial charge in [0.05, 0.1) is 5.69 Å². The largest absolute Gasteiger partial charge is 0.400 e. The molecule has 0 radical (unpaired) electrons. The van der Waals surface area contributed by atoms with Crippen molar-refractivity contribution in [3.63, 3.8) is 0 Å². The lowest BCUT2D eigenvalue weighted by Gasteiger charge is -2.38. The molecule has 2 N–H and O–H groups in total. The van der Waals surface area contributed by atoms with Crippen LogP contribution in [0.1, 0.15) is 113 Å². The van der Waals surface area contributed by atoms with E-state index < -0.39 is 0 Å². The highest BCUT2D eigenvalue weighted by Gasteiger charge is 2.41. The molecule has 1 aromatic carbocycles. The number of amides is 1. The maximum absolute atomic E-state index is 13.1. The molecule has 6 nitrogen and oxygen atoms in total. The Morgan fingerprint density at radius 2 is 1.81 bits per heavy atom. The molecule has 2 saturated carbocycles. The number of anilines is 1. The van der Waals surface area contributed by atoms with Crippen LogP contribution in [0.25, 0.3) is 0 Å². The van der Waals surface area contributed by atoms with Gasteiger partial charge in [-0.1, -0.05) is 50.5 Å². The van der Waals surface area contributed by atoms with E-state index in [1.54, 1.807) is 0 Å². The van der Waals surface area contributed by atoms with E-state index in [9.17, 15) is 4.79 Å². The number of carbonyl (C=O) groups excluding carboxylic acids is 2. The Bertz CT molecular complexity index is 1010. The lowest BCUT2D eigenvalue weighted by atomic mass is 9.67. The SMILES string of the molecule is CC=O.CCC(Cc1noc(C2CC(CC(C)(C)C)C2)c1C1CC1)C(=O)Nc1ccc(C)cc1C.CO. The summed E-state index contributed by atoms with van der Waals surface area (Å²) < 4.78 is 5.97. The summed E-state index contributed by atoms with van der Waals surface area (Å²) in [5.74, 6) is 3.03. The third-order valence-corrected chi connectivity index (χ3v) is 7.27. The molecule has 0 bridgehead atoms. The van der Waals surface area contributed by atoms with Crippen molar-refractivity contribution in [1.29, 1.82) is 0 Å². The molecule has 2 fully saturated rings. The summed E-state index contributed by atoms with van der Waals surface area (Å²) in [6, 6.07) is 6.16. The predicted molar refractivity (Wildman–Crippen MR) is 150 cm³/mol. The van der Waals surface area contributed by atoms with Crippen molar-refractivity contribution in [3.8, 4) is 0 Å². The third-order valence-electron chi connectivity index (χ3n) is 7.27. The van der Waals surface area contributed by atoms with Gasteiger partial charge in [-0.05, 0) is 88.2 Å². The molecule has 1 amide bonds. The zero-order valence-electron chi connectivity index (χ0n) is 24.2. The molecular weight excluding hydrogens is 464 g/mol. The number of rotatable bonds is 8. The molecule has 2 aromatic rings. The summed E-state index contributed by atoms with van der Waals surface area (Å²) in [5.41, 5.74) is 5.98. The Morgan fingerprint density at radius 3 is 2.32 bits per heavy atom. The number of aliphatic hydroxyl groups excluding tert-OH is 1. The average molecular weight is 513 g/mol.